The molecule has 0 radical (unpaired) electrons. The van der Waals surface area contributed by atoms with Gasteiger partial charge in [-0.25, -0.2) is 0 Å². The van der Waals surface area contributed by atoms with Gasteiger partial charge >= 0.3 is 0 Å². The number of primary amides is 1. The van der Waals surface area contributed by atoms with Gasteiger partial charge < -0.3 is 11.1 Å². The smallest absolute Gasteiger partial charge is 0.218 e. The fourth-order valence-corrected chi connectivity index (χ4v) is 2.72. The molecule has 1 aliphatic rings. The lowest BCUT2D eigenvalue weighted by molar-refractivity contribution is -0.117. The second kappa shape index (κ2) is 4.49. The topological polar surface area (TPSA) is 55.1 Å². The predicted molar refractivity (Wildman–Crippen MR) is 68.5 cm³/mol. The lowest BCUT2D eigenvalue weighted by Crippen LogP contribution is -2.33. The summed E-state index contributed by atoms with van der Waals surface area (Å²) in [5, 5.41) is 3.46. The van der Waals surface area contributed by atoms with Crippen molar-refractivity contribution in [1.82, 2.24) is 5.32 Å². The predicted octanol–water partition coefficient (Wildman–Crippen LogP) is 1.77. The molecule has 0 aliphatic heterocycles. The van der Waals surface area contributed by atoms with Gasteiger partial charge in [0, 0.05) is 19.0 Å². The number of rotatable bonds is 4. The van der Waals surface area contributed by atoms with E-state index in [1.165, 1.54) is 11.1 Å². The van der Waals surface area contributed by atoms with Gasteiger partial charge in [0.2, 0.25) is 5.91 Å². The molecule has 0 spiro atoms. The Balaban J connectivity index is 2.11. The summed E-state index contributed by atoms with van der Waals surface area (Å²) in [5.41, 5.74) is 8.13. The van der Waals surface area contributed by atoms with Gasteiger partial charge in [-0.3, -0.25) is 4.79 Å². The Morgan fingerprint density at radius 3 is 2.88 bits per heavy atom. The van der Waals surface area contributed by atoms with E-state index in [4.69, 9.17) is 5.73 Å². The zero-order valence-corrected chi connectivity index (χ0v) is 10.5. The number of carbonyl (C=O) groups excluding carboxylic acids is 1. The molecule has 3 nitrogen and oxygen atoms in total. The molecule has 1 unspecified atom stereocenters. The molecule has 0 heterocycles. The van der Waals surface area contributed by atoms with Crippen LogP contribution in [0.2, 0.25) is 0 Å². The number of nitrogens with one attached hydrogen (secondary N) is 1. The Bertz CT molecular complexity index is 426. The highest BCUT2D eigenvalue weighted by Gasteiger charge is 2.38. The first-order valence-electron chi connectivity index (χ1n) is 6.10. The summed E-state index contributed by atoms with van der Waals surface area (Å²) >= 11 is 0. The van der Waals surface area contributed by atoms with Gasteiger partial charge in [-0.2, -0.15) is 0 Å². The van der Waals surface area contributed by atoms with E-state index in [-0.39, 0.29) is 11.3 Å². The highest BCUT2D eigenvalue weighted by atomic mass is 16.1. The molecular weight excluding hydrogens is 212 g/mol. The molecule has 1 aromatic carbocycles. The largest absolute Gasteiger partial charge is 0.370 e. The standard InChI is InChI=1S/C14H20N2O/c1-14(2)9-10-5-3-4-6-11(10)13(14)16-8-7-12(15)17/h3-6,13,16H,7-9H2,1-2H3,(H2,15,17). The van der Waals surface area contributed by atoms with Gasteiger partial charge in [0.05, 0.1) is 0 Å². The lowest BCUT2D eigenvalue weighted by atomic mass is 9.85. The highest BCUT2D eigenvalue weighted by molar-refractivity contribution is 5.73. The van der Waals surface area contributed by atoms with Crippen LogP contribution in [0.1, 0.15) is 37.4 Å². The molecule has 1 atom stereocenters. The summed E-state index contributed by atoms with van der Waals surface area (Å²) in [7, 11) is 0. The number of benzene rings is 1. The van der Waals surface area contributed by atoms with Crippen molar-refractivity contribution in [2.24, 2.45) is 11.1 Å². The van der Waals surface area contributed by atoms with Crippen molar-refractivity contribution < 1.29 is 4.79 Å². The first-order chi connectivity index (χ1) is 8.00. The summed E-state index contributed by atoms with van der Waals surface area (Å²) in [6, 6.07) is 8.83. The van der Waals surface area contributed by atoms with Crippen molar-refractivity contribution in [3.8, 4) is 0 Å². The molecule has 1 aliphatic carbocycles. The van der Waals surface area contributed by atoms with Crippen LogP contribution in [-0.2, 0) is 11.2 Å². The fraction of sp³-hybridized carbons (Fsp3) is 0.500. The molecule has 17 heavy (non-hydrogen) atoms. The van der Waals surface area contributed by atoms with Crippen LogP contribution in [0.5, 0.6) is 0 Å². The van der Waals surface area contributed by atoms with E-state index in [2.05, 4.69) is 43.4 Å². The molecular formula is C14H20N2O. The van der Waals surface area contributed by atoms with Crippen molar-refractivity contribution in [2.75, 3.05) is 6.54 Å². The highest BCUT2D eigenvalue weighted by Crippen LogP contribution is 2.44. The van der Waals surface area contributed by atoms with Crippen molar-refractivity contribution in [2.45, 2.75) is 32.7 Å². The maximum atomic E-state index is 10.8. The molecule has 92 valence electrons. The molecule has 3 N–H and O–H groups in total. The Hall–Kier alpha value is -1.35. The minimum Gasteiger partial charge on any atom is -0.370 e. The number of nitrogens with two attached hydrogens (primary N) is 1. The third-order valence-electron chi connectivity index (χ3n) is 3.51. The third-order valence-corrected chi connectivity index (χ3v) is 3.51. The Kier molecular flexibility index (Phi) is 3.20. The number of hydrogen-bond acceptors (Lipinski definition) is 2. The van der Waals surface area contributed by atoms with E-state index < -0.39 is 0 Å². The lowest BCUT2D eigenvalue weighted by Gasteiger charge is -2.28. The van der Waals surface area contributed by atoms with Crippen molar-refractivity contribution in [1.29, 1.82) is 0 Å². The Morgan fingerprint density at radius 2 is 2.18 bits per heavy atom. The molecule has 3 heteroatoms. The molecule has 1 aromatic rings. The van der Waals surface area contributed by atoms with Gasteiger partial charge in [-0.05, 0) is 23.0 Å². The molecule has 0 aromatic heterocycles. The van der Waals surface area contributed by atoms with Crippen LogP contribution in [0.3, 0.4) is 0 Å². The van der Waals surface area contributed by atoms with Crippen LogP contribution in [0.25, 0.3) is 0 Å². The maximum Gasteiger partial charge on any atom is 0.218 e. The summed E-state index contributed by atoms with van der Waals surface area (Å²) < 4.78 is 0. The van der Waals surface area contributed by atoms with Gasteiger partial charge in [0.15, 0.2) is 0 Å². The van der Waals surface area contributed by atoms with Crippen molar-refractivity contribution in [3.63, 3.8) is 0 Å². The first kappa shape index (κ1) is 12.1. The van der Waals surface area contributed by atoms with E-state index in [0.29, 0.717) is 19.0 Å². The van der Waals surface area contributed by atoms with Crippen LogP contribution in [0, 0.1) is 5.41 Å². The van der Waals surface area contributed by atoms with Gasteiger partial charge in [-0.1, -0.05) is 38.1 Å². The van der Waals surface area contributed by atoms with Gasteiger partial charge in [0.1, 0.15) is 0 Å². The van der Waals surface area contributed by atoms with Gasteiger partial charge in [-0.15, -0.1) is 0 Å². The maximum absolute atomic E-state index is 10.8. The Morgan fingerprint density at radius 1 is 1.47 bits per heavy atom. The summed E-state index contributed by atoms with van der Waals surface area (Å²) in [6.07, 6.45) is 1.48. The molecule has 0 saturated carbocycles. The van der Waals surface area contributed by atoms with Crippen LogP contribution < -0.4 is 11.1 Å². The second-order valence-corrected chi connectivity index (χ2v) is 5.47. The zero-order chi connectivity index (χ0) is 12.5. The zero-order valence-electron chi connectivity index (χ0n) is 10.5. The minimum atomic E-state index is -0.249. The number of carbonyl (C=O) groups is 1. The van der Waals surface area contributed by atoms with Crippen LogP contribution in [-0.4, -0.2) is 12.5 Å². The normalized spacial score (nSPS) is 21.2. The number of amides is 1. The van der Waals surface area contributed by atoms with E-state index >= 15 is 0 Å². The molecule has 1 amide bonds. The minimum absolute atomic E-state index is 0.196. The average Bonchev–Trinajstić information content (AvgIpc) is 2.49. The van der Waals surface area contributed by atoms with Crippen molar-refractivity contribution >= 4 is 5.91 Å². The monoisotopic (exact) mass is 232 g/mol. The quantitative estimate of drug-likeness (QED) is 0.831. The van der Waals surface area contributed by atoms with Crippen LogP contribution >= 0.6 is 0 Å². The number of fused-ring (bicyclic) bond motifs is 1. The van der Waals surface area contributed by atoms with Crippen LogP contribution in [0.4, 0.5) is 0 Å². The SMILES string of the molecule is CC1(C)Cc2ccccc2C1NCCC(N)=O. The molecule has 2 rings (SSSR count). The van der Waals surface area contributed by atoms with Crippen LogP contribution in [0.15, 0.2) is 24.3 Å². The van der Waals surface area contributed by atoms with Crippen molar-refractivity contribution in [3.05, 3.63) is 35.4 Å². The fourth-order valence-electron chi connectivity index (χ4n) is 2.72. The van der Waals surface area contributed by atoms with Gasteiger partial charge in [0.25, 0.3) is 0 Å². The van der Waals surface area contributed by atoms with E-state index in [9.17, 15) is 4.79 Å². The first-order valence-corrected chi connectivity index (χ1v) is 6.10. The second-order valence-electron chi connectivity index (χ2n) is 5.47. The average molecular weight is 232 g/mol. The third kappa shape index (κ3) is 2.50. The van der Waals surface area contributed by atoms with E-state index in [1.807, 2.05) is 0 Å². The summed E-state index contributed by atoms with van der Waals surface area (Å²) in [4.78, 5) is 10.8. The number of hydrogen-bond donors (Lipinski definition) is 2. The Labute approximate surface area is 102 Å². The molecule has 0 saturated heterocycles. The summed E-state index contributed by atoms with van der Waals surface area (Å²) in [5.74, 6) is -0.249. The van der Waals surface area contributed by atoms with E-state index in [0.717, 1.165) is 6.42 Å². The molecule has 0 fully saturated rings. The summed E-state index contributed by atoms with van der Waals surface area (Å²) in [6.45, 7) is 5.17. The molecule has 0 bridgehead atoms. The van der Waals surface area contributed by atoms with E-state index in [1.54, 1.807) is 0 Å².